The number of hydrogen-bond acceptors (Lipinski definition) is 4. The Kier molecular flexibility index (Phi) is 3.56. The van der Waals surface area contributed by atoms with Crippen LogP contribution < -0.4 is 10.6 Å². The van der Waals surface area contributed by atoms with Crippen LogP contribution in [-0.2, 0) is 9.53 Å². The van der Waals surface area contributed by atoms with Gasteiger partial charge in [0.25, 0.3) is 0 Å². The number of halogens is 1. The molecule has 1 saturated heterocycles. The second-order valence-electron chi connectivity index (χ2n) is 4.06. The topological polar surface area (TPSA) is 79.8 Å². The van der Waals surface area contributed by atoms with Crippen molar-refractivity contribution in [3.63, 3.8) is 0 Å². The van der Waals surface area contributed by atoms with Crippen LogP contribution in [0.5, 0.6) is 0 Å². The summed E-state index contributed by atoms with van der Waals surface area (Å²) in [5, 5.41) is 5.19. The first-order chi connectivity index (χ1) is 8.52. The number of nitrogens with one attached hydrogen (secondary N) is 2. The van der Waals surface area contributed by atoms with Gasteiger partial charge in [-0.15, -0.1) is 0 Å². The average molecular weight is 272 g/mol. The van der Waals surface area contributed by atoms with Gasteiger partial charge in [-0.2, -0.15) is 0 Å². The number of nitrogens with zero attached hydrogens (tertiary/aromatic N) is 1. The summed E-state index contributed by atoms with van der Waals surface area (Å²) in [6.45, 7) is 3.75. The van der Waals surface area contributed by atoms with Crippen LogP contribution >= 0.6 is 11.6 Å². The highest BCUT2D eigenvalue weighted by Crippen LogP contribution is 2.26. The van der Waals surface area contributed by atoms with E-state index in [1.807, 2.05) is 0 Å². The SMILES string of the molecule is CCOC(=O)C1=CC2C(Cl)NC(=O)NC2N=C1C. The molecule has 0 spiro atoms. The van der Waals surface area contributed by atoms with Crippen LogP contribution in [0.15, 0.2) is 16.6 Å². The van der Waals surface area contributed by atoms with E-state index in [0.29, 0.717) is 17.9 Å². The predicted molar refractivity (Wildman–Crippen MR) is 66.4 cm³/mol. The first-order valence-corrected chi connectivity index (χ1v) is 6.11. The second kappa shape index (κ2) is 4.97. The number of carbonyl (C=O) groups is 2. The molecule has 3 unspecified atom stereocenters. The maximum atomic E-state index is 11.7. The summed E-state index contributed by atoms with van der Waals surface area (Å²) in [5.74, 6) is -0.689. The number of esters is 1. The number of urea groups is 1. The van der Waals surface area contributed by atoms with E-state index < -0.39 is 17.6 Å². The van der Waals surface area contributed by atoms with Crippen LogP contribution in [0, 0.1) is 5.92 Å². The molecule has 0 bridgehead atoms. The van der Waals surface area contributed by atoms with E-state index in [9.17, 15) is 9.59 Å². The number of aliphatic imine (C=N–C) groups is 1. The van der Waals surface area contributed by atoms with E-state index in [1.54, 1.807) is 19.9 Å². The van der Waals surface area contributed by atoms with E-state index in [0.717, 1.165) is 0 Å². The summed E-state index contributed by atoms with van der Waals surface area (Å²) < 4.78 is 4.95. The van der Waals surface area contributed by atoms with Gasteiger partial charge in [-0.3, -0.25) is 4.99 Å². The van der Waals surface area contributed by atoms with Gasteiger partial charge >= 0.3 is 12.0 Å². The Hall–Kier alpha value is -1.56. The fourth-order valence-electron chi connectivity index (χ4n) is 1.96. The molecule has 6 nitrogen and oxygen atoms in total. The van der Waals surface area contributed by atoms with Gasteiger partial charge in [-0.05, 0) is 13.8 Å². The van der Waals surface area contributed by atoms with Crippen molar-refractivity contribution in [2.45, 2.75) is 25.5 Å². The molecule has 0 aromatic heterocycles. The summed E-state index contributed by atoms with van der Waals surface area (Å²) in [6, 6.07) is -0.360. The van der Waals surface area contributed by atoms with Crippen molar-refractivity contribution in [3.05, 3.63) is 11.6 Å². The molecule has 0 radical (unpaired) electrons. The number of carbonyl (C=O) groups excluding carboxylic acids is 2. The average Bonchev–Trinajstić information content (AvgIpc) is 2.27. The van der Waals surface area contributed by atoms with Crippen LogP contribution in [0.2, 0.25) is 0 Å². The van der Waals surface area contributed by atoms with E-state index in [1.165, 1.54) is 0 Å². The Labute approximate surface area is 109 Å². The predicted octanol–water partition coefficient (Wildman–Crippen LogP) is 0.770. The van der Waals surface area contributed by atoms with Crippen molar-refractivity contribution >= 4 is 29.3 Å². The zero-order valence-electron chi connectivity index (χ0n) is 10.1. The minimum Gasteiger partial charge on any atom is -0.462 e. The molecule has 2 rings (SSSR count). The van der Waals surface area contributed by atoms with Crippen LogP contribution in [0.25, 0.3) is 0 Å². The third-order valence-electron chi connectivity index (χ3n) is 2.83. The summed E-state index contributed by atoms with van der Waals surface area (Å²) in [5.41, 5.74) is 0.354. The van der Waals surface area contributed by atoms with Gasteiger partial charge in [0.15, 0.2) is 0 Å². The van der Waals surface area contributed by atoms with E-state index in [2.05, 4.69) is 15.6 Å². The molecule has 0 aromatic rings. The lowest BCUT2D eigenvalue weighted by Crippen LogP contribution is -2.58. The van der Waals surface area contributed by atoms with Gasteiger partial charge in [0.1, 0.15) is 11.7 Å². The molecule has 0 aliphatic carbocycles. The highest BCUT2D eigenvalue weighted by molar-refractivity contribution is 6.23. The number of ether oxygens (including phenoxy) is 1. The zero-order valence-corrected chi connectivity index (χ0v) is 10.8. The van der Waals surface area contributed by atoms with Crippen molar-refractivity contribution in [2.75, 3.05) is 6.61 Å². The first kappa shape index (κ1) is 12.9. The van der Waals surface area contributed by atoms with Gasteiger partial charge in [0.05, 0.1) is 18.1 Å². The molecule has 0 saturated carbocycles. The van der Waals surface area contributed by atoms with Crippen molar-refractivity contribution < 1.29 is 14.3 Å². The Morgan fingerprint density at radius 1 is 1.56 bits per heavy atom. The van der Waals surface area contributed by atoms with Crippen LogP contribution in [0.4, 0.5) is 4.79 Å². The summed E-state index contributed by atoms with van der Waals surface area (Å²) in [7, 11) is 0. The smallest absolute Gasteiger partial charge is 0.339 e. The molecule has 2 N–H and O–H groups in total. The monoisotopic (exact) mass is 271 g/mol. The standard InChI is InChI=1S/C11H14ClN3O3/c1-3-18-10(16)6-4-7-8(12)14-11(17)15-9(7)13-5(6)2/h4,7-9H,3H2,1-2H3,(H2,14,15,17). The number of amides is 2. The van der Waals surface area contributed by atoms with Crippen LogP contribution in [0.1, 0.15) is 13.8 Å². The number of dihydropyridines is 1. The van der Waals surface area contributed by atoms with Crippen LogP contribution in [0.3, 0.4) is 0 Å². The molecule has 98 valence electrons. The van der Waals surface area contributed by atoms with Crippen molar-refractivity contribution in [3.8, 4) is 0 Å². The maximum absolute atomic E-state index is 11.7. The molecular weight excluding hydrogens is 258 g/mol. The molecule has 2 amide bonds. The Morgan fingerprint density at radius 3 is 2.94 bits per heavy atom. The Bertz CT molecular complexity index is 447. The number of rotatable bonds is 2. The molecule has 18 heavy (non-hydrogen) atoms. The molecule has 2 heterocycles. The van der Waals surface area contributed by atoms with Crippen molar-refractivity contribution in [1.82, 2.24) is 10.6 Å². The second-order valence-corrected chi connectivity index (χ2v) is 4.53. The van der Waals surface area contributed by atoms with E-state index in [-0.39, 0.29) is 11.9 Å². The Balaban J connectivity index is 2.25. The summed E-state index contributed by atoms with van der Waals surface area (Å²) in [6.07, 6.45) is 1.27. The fraction of sp³-hybridized carbons (Fsp3) is 0.545. The van der Waals surface area contributed by atoms with E-state index in [4.69, 9.17) is 16.3 Å². The minimum atomic E-state index is -0.593. The quantitative estimate of drug-likeness (QED) is 0.442. The molecule has 3 atom stereocenters. The van der Waals surface area contributed by atoms with Crippen LogP contribution in [-0.4, -0.2) is 36.0 Å². The maximum Gasteiger partial charge on any atom is 0.339 e. The van der Waals surface area contributed by atoms with Gasteiger partial charge < -0.3 is 15.4 Å². The Morgan fingerprint density at radius 2 is 2.28 bits per heavy atom. The highest BCUT2D eigenvalue weighted by Gasteiger charge is 2.37. The number of hydrogen-bond donors (Lipinski definition) is 2. The zero-order chi connectivity index (χ0) is 13.3. The minimum absolute atomic E-state index is 0.271. The molecule has 2 aliphatic heterocycles. The highest BCUT2D eigenvalue weighted by atomic mass is 35.5. The summed E-state index contributed by atoms with van der Waals surface area (Å²) >= 11 is 6.04. The normalized spacial score (nSPS) is 30.4. The third kappa shape index (κ3) is 2.33. The van der Waals surface area contributed by atoms with Crippen molar-refractivity contribution in [2.24, 2.45) is 10.9 Å². The third-order valence-corrected chi connectivity index (χ3v) is 3.23. The lowest BCUT2D eigenvalue weighted by molar-refractivity contribution is -0.137. The van der Waals surface area contributed by atoms with Gasteiger partial charge in [0.2, 0.25) is 0 Å². The summed E-state index contributed by atoms with van der Waals surface area (Å²) in [4.78, 5) is 27.3. The molecule has 1 fully saturated rings. The first-order valence-electron chi connectivity index (χ1n) is 5.67. The lowest BCUT2D eigenvalue weighted by atomic mass is 9.95. The molecular formula is C11H14ClN3O3. The molecule has 0 aromatic carbocycles. The largest absolute Gasteiger partial charge is 0.462 e. The number of fused-ring (bicyclic) bond motifs is 1. The lowest BCUT2D eigenvalue weighted by Gasteiger charge is -2.35. The fourth-order valence-corrected chi connectivity index (χ4v) is 2.27. The van der Waals surface area contributed by atoms with Crippen molar-refractivity contribution in [1.29, 1.82) is 0 Å². The number of alkyl halides is 1. The van der Waals surface area contributed by atoms with E-state index >= 15 is 0 Å². The molecule has 2 aliphatic rings. The van der Waals surface area contributed by atoms with Gasteiger partial charge in [-0.1, -0.05) is 17.7 Å². The molecule has 7 heteroatoms. The van der Waals surface area contributed by atoms with Gasteiger partial charge in [0, 0.05) is 5.71 Å². The van der Waals surface area contributed by atoms with Gasteiger partial charge in [-0.25, -0.2) is 9.59 Å².